The molecular formula is C23H27N3. The summed E-state index contributed by atoms with van der Waals surface area (Å²) in [6, 6.07) is 12.7. The summed E-state index contributed by atoms with van der Waals surface area (Å²) in [6.07, 6.45) is 3.17. The highest BCUT2D eigenvalue weighted by Gasteiger charge is 2.28. The highest BCUT2D eigenvalue weighted by molar-refractivity contribution is 6.07. The number of rotatable bonds is 2. The molecule has 0 amide bonds. The van der Waals surface area contributed by atoms with Crippen LogP contribution in [0.15, 0.2) is 42.6 Å². The van der Waals surface area contributed by atoms with Crippen LogP contribution in [0, 0.1) is 0 Å². The van der Waals surface area contributed by atoms with Crippen LogP contribution in [-0.2, 0) is 10.8 Å². The van der Waals surface area contributed by atoms with Gasteiger partial charge in [0.1, 0.15) is 11.2 Å². The van der Waals surface area contributed by atoms with Crippen molar-refractivity contribution < 1.29 is 0 Å². The molecule has 0 fully saturated rings. The van der Waals surface area contributed by atoms with Crippen molar-refractivity contribution >= 4 is 27.6 Å². The molecule has 3 nitrogen and oxygen atoms in total. The summed E-state index contributed by atoms with van der Waals surface area (Å²) in [5.74, 6) is 0. The van der Waals surface area contributed by atoms with Crippen molar-refractivity contribution in [1.29, 1.82) is 0 Å². The molecule has 0 saturated carbocycles. The molecule has 0 atom stereocenters. The van der Waals surface area contributed by atoms with E-state index in [2.05, 4.69) is 82.5 Å². The zero-order valence-electron chi connectivity index (χ0n) is 16.6. The van der Waals surface area contributed by atoms with Gasteiger partial charge in [0.2, 0.25) is 0 Å². The fourth-order valence-corrected chi connectivity index (χ4v) is 3.73. The minimum Gasteiger partial charge on any atom is -0.298 e. The average Bonchev–Trinajstić information content (AvgIpc) is 2.99. The smallest absolute Gasteiger partial charge is 0.137 e. The van der Waals surface area contributed by atoms with E-state index >= 15 is 0 Å². The summed E-state index contributed by atoms with van der Waals surface area (Å²) >= 11 is 0. The van der Waals surface area contributed by atoms with E-state index in [1.165, 1.54) is 10.9 Å². The quantitative estimate of drug-likeness (QED) is 0.444. The molecule has 4 rings (SSSR count). The van der Waals surface area contributed by atoms with Crippen LogP contribution in [0.3, 0.4) is 0 Å². The first-order valence-corrected chi connectivity index (χ1v) is 9.44. The predicted octanol–water partition coefficient (Wildman–Crippen LogP) is 6.02. The Morgan fingerprint density at radius 2 is 1.69 bits per heavy atom. The molecule has 3 heteroatoms. The number of aromatic nitrogens is 3. The number of imidazole rings is 1. The van der Waals surface area contributed by atoms with Crippen LogP contribution >= 0.6 is 0 Å². The summed E-state index contributed by atoms with van der Waals surface area (Å²) in [4.78, 5) is 10.2. The average molecular weight is 345 g/mol. The normalized spacial score (nSPS) is 13.2. The van der Waals surface area contributed by atoms with E-state index in [4.69, 9.17) is 9.97 Å². The third-order valence-corrected chi connectivity index (χ3v) is 5.59. The maximum atomic E-state index is 5.14. The Bertz CT molecular complexity index is 1130. The first kappa shape index (κ1) is 17.0. The van der Waals surface area contributed by atoms with Gasteiger partial charge in [-0.1, -0.05) is 59.7 Å². The first-order valence-electron chi connectivity index (χ1n) is 9.44. The van der Waals surface area contributed by atoms with Crippen LogP contribution in [0.25, 0.3) is 27.6 Å². The molecule has 0 aliphatic carbocycles. The van der Waals surface area contributed by atoms with Crippen molar-refractivity contribution in [3.8, 4) is 0 Å². The summed E-state index contributed by atoms with van der Waals surface area (Å²) < 4.78 is 2.19. The SMILES string of the molecule is CCC(C)(C)c1cccc2nc(C(C)(C)C)c3c(nc4ccccn43)c12. The van der Waals surface area contributed by atoms with E-state index in [9.17, 15) is 0 Å². The van der Waals surface area contributed by atoms with Gasteiger partial charge >= 0.3 is 0 Å². The third-order valence-electron chi connectivity index (χ3n) is 5.59. The lowest BCUT2D eigenvalue weighted by Gasteiger charge is -2.26. The van der Waals surface area contributed by atoms with E-state index in [1.54, 1.807) is 0 Å². The standard InChI is InChI=1S/C23H27N3/c1-7-23(5,6)15-11-10-12-16-18(15)19-20(21(24-16)22(2,3)4)26-14-9-8-13-17(26)25-19/h8-14H,7H2,1-6H3. The zero-order chi connectivity index (χ0) is 18.7. The molecule has 3 aromatic heterocycles. The van der Waals surface area contributed by atoms with Gasteiger partial charge in [-0.15, -0.1) is 0 Å². The molecule has 0 radical (unpaired) electrons. The van der Waals surface area contributed by atoms with Gasteiger partial charge in [0, 0.05) is 17.0 Å². The van der Waals surface area contributed by atoms with Crippen molar-refractivity contribution in [3.63, 3.8) is 0 Å². The molecule has 4 aromatic rings. The zero-order valence-corrected chi connectivity index (χ0v) is 16.6. The number of pyridine rings is 2. The van der Waals surface area contributed by atoms with Gasteiger partial charge in [-0.05, 0) is 35.6 Å². The molecule has 0 aliphatic heterocycles. The summed E-state index contributed by atoms with van der Waals surface area (Å²) in [5, 5.41) is 1.20. The lowest BCUT2D eigenvalue weighted by atomic mass is 9.79. The Morgan fingerprint density at radius 3 is 2.38 bits per heavy atom. The largest absolute Gasteiger partial charge is 0.298 e. The Hall–Kier alpha value is -2.42. The third kappa shape index (κ3) is 2.41. The summed E-state index contributed by atoms with van der Waals surface area (Å²) in [7, 11) is 0. The van der Waals surface area contributed by atoms with Gasteiger partial charge in [-0.25, -0.2) is 9.97 Å². The van der Waals surface area contributed by atoms with Crippen LogP contribution in [0.4, 0.5) is 0 Å². The fourth-order valence-electron chi connectivity index (χ4n) is 3.73. The van der Waals surface area contributed by atoms with Gasteiger partial charge in [0.25, 0.3) is 0 Å². The Kier molecular flexibility index (Phi) is 3.62. The highest BCUT2D eigenvalue weighted by Crippen LogP contribution is 2.39. The highest BCUT2D eigenvalue weighted by atomic mass is 15.0. The van der Waals surface area contributed by atoms with Gasteiger partial charge < -0.3 is 0 Å². The monoisotopic (exact) mass is 345 g/mol. The van der Waals surface area contributed by atoms with Gasteiger partial charge in [0.15, 0.2) is 0 Å². The maximum absolute atomic E-state index is 5.14. The number of benzene rings is 1. The fraction of sp³-hybridized carbons (Fsp3) is 0.391. The summed E-state index contributed by atoms with van der Waals surface area (Å²) in [5.41, 5.74) is 6.69. The second-order valence-electron chi connectivity index (χ2n) is 8.89. The van der Waals surface area contributed by atoms with Crippen LogP contribution in [0.5, 0.6) is 0 Å². The lowest BCUT2D eigenvalue weighted by Crippen LogP contribution is -2.18. The lowest BCUT2D eigenvalue weighted by molar-refractivity contribution is 0.511. The molecule has 0 N–H and O–H groups in total. The molecule has 0 unspecified atom stereocenters. The molecule has 3 heterocycles. The van der Waals surface area contributed by atoms with E-state index in [1.807, 2.05) is 6.07 Å². The second-order valence-corrected chi connectivity index (χ2v) is 8.89. The van der Waals surface area contributed by atoms with E-state index < -0.39 is 0 Å². The van der Waals surface area contributed by atoms with Crippen LogP contribution in [0.1, 0.15) is 59.2 Å². The Labute approximate surface area is 155 Å². The summed E-state index contributed by atoms with van der Waals surface area (Å²) in [6.45, 7) is 13.5. The van der Waals surface area contributed by atoms with E-state index in [-0.39, 0.29) is 10.8 Å². The number of nitrogens with zero attached hydrogens (tertiary/aromatic N) is 3. The maximum Gasteiger partial charge on any atom is 0.137 e. The van der Waals surface area contributed by atoms with Gasteiger partial charge in [0.05, 0.1) is 16.7 Å². The van der Waals surface area contributed by atoms with Gasteiger partial charge in [-0.3, -0.25) is 4.40 Å². The molecule has 0 aliphatic rings. The topological polar surface area (TPSA) is 30.2 Å². The van der Waals surface area contributed by atoms with Crippen molar-refractivity contribution in [3.05, 3.63) is 53.9 Å². The molecule has 0 saturated heterocycles. The van der Waals surface area contributed by atoms with Crippen LogP contribution < -0.4 is 0 Å². The molecule has 0 bridgehead atoms. The molecule has 0 spiro atoms. The Morgan fingerprint density at radius 1 is 0.923 bits per heavy atom. The van der Waals surface area contributed by atoms with Crippen molar-refractivity contribution in [2.45, 2.75) is 58.8 Å². The second kappa shape index (κ2) is 5.54. The van der Waals surface area contributed by atoms with E-state index in [0.29, 0.717) is 0 Å². The minimum absolute atomic E-state index is 0.0610. The number of hydrogen-bond acceptors (Lipinski definition) is 2. The van der Waals surface area contributed by atoms with Crippen molar-refractivity contribution in [2.75, 3.05) is 0 Å². The molecular weight excluding hydrogens is 318 g/mol. The van der Waals surface area contributed by atoms with Crippen LogP contribution in [-0.4, -0.2) is 14.4 Å². The number of fused-ring (bicyclic) bond motifs is 5. The van der Waals surface area contributed by atoms with Crippen LogP contribution in [0.2, 0.25) is 0 Å². The van der Waals surface area contributed by atoms with Crippen molar-refractivity contribution in [1.82, 2.24) is 14.4 Å². The Balaban J connectivity index is 2.29. The molecule has 26 heavy (non-hydrogen) atoms. The molecule has 134 valence electrons. The van der Waals surface area contributed by atoms with Gasteiger partial charge in [-0.2, -0.15) is 0 Å². The molecule has 1 aromatic carbocycles. The predicted molar refractivity (Wildman–Crippen MR) is 110 cm³/mol. The van der Waals surface area contributed by atoms with E-state index in [0.717, 1.165) is 34.3 Å². The number of hydrogen-bond donors (Lipinski definition) is 0. The van der Waals surface area contributed by atoms with Crippen molar-refractivity contribution in [2.24, 2.45) is 0 Å². The minimum atomic E-state index is -0.0610. The first-order chi connectivity index (χ1) is 12.2.